The molecule has 5 nitrogen and oxygen atoms in total. The summed E-state index contributed by atoms with van der Waals surface area (Å²) in [5.74, 6) is 0. The second-order valence-corrected chi connectivity index (χ2v) is 5.95. The van der Waals surface area contributed by atoms with Crippen LogP contribution in [0, 0.1) is 0 Å². The molecule has 5 heteroatoms. The lowest BCUT2D eigenvalue weighted by atomic mass is 9.87. The van der Waals surface area contributed by atoms with Crippen LogP contribution in [0.4, 0.5) is 0 Å². The number of aliphatic hydroxyl groups excluding tert-OH is 2. The zero-order chi connectivity index (χ0) is 16.4. The minimum Gasteiger partial charge on any atom is -0.422 e. The Hall–Kier alpha value is -1.69. The van der Waals surface area contributed by atoms with Gasteiger partial charge in [-0.1, -0.05) is 12.1 Å². The van der Waals surface area contributed by atoms with Crippen LogP contribution in [0.5, 0.6) is 0 Å². The third kappa shape index (κ3) is 3.04. The van der Waals surface area contributed by atoms with Crippen molar-refractivity contribution >= 4 is 11.0 Å². The van der Waals surface area contributed by atoms with Crippen LogP contribution in [0.2, 0.25) is 0 Å². The molecule has 0 fully saturated rings. The Morgan fingerprint density at radius 1 is 1.22 bits per heavy atom. The molecule has 2 N–H and O–H groups in total. The zero-order valence-corrected chi connectivity index (χ0v) is 13.2. The summed E-state index contributed by atoms with van der Waals surface area (Å²) < 4.78 is 10.6. The first-order chi connectivity index (χ1) is 11.1. The van der Waals surface area contributed by atoms with Crippen LogP contribution in [0.1, 0.15) is 42.6 Å². The van der Waals surface area contributed by atoms with Gasteiger partial charge in [0.25, 0.3) is 0 Å². The van der Waals surface area contributed by atoms with Gasteiger partial charge in [-0.3, -0.25) is 0 Å². The largest absolute Gasteiger partial charge is 0.422 e. The average molecular weight is 318 g/mol. The lowest BCUT2D eigenvalue weighted by Gasteiger charge is -2.22. The second-order valence-electron chi connectivity index (χ2n) is 5.95. The number of aryl methyl sites for hydroxylation is 1. The van der Waals surface area contributed by atoms with E-state index in [1.807, 2.05) is 6.92 Å². The van der Waals surface area contributed by atoms with Gasteiger partial charge >= 0.3 is 5.63 Å². The topological polar surface area (TPSA) is 79.9 Å². The summed E-state index contributed by atoms with van der Waals surface area (Å²) in [6.45, 7) is 2.37. The first kappa shape index (κ1) is 16.2. The average Bonchev–Trinajstić information content (AvgIpc) is 2.58. The van der Waals surface area contributed by atoms with E-state index in [0.29, 0.717) is 29.7 Å². The molecule has 0 aliphatic heterocycles. The summed E-state index contributed by atoms with van der Waals surface area (Å²) in [5, 5.41) is 21.5. The Kier molecular flexibility index (Phi) is 4.80. The Bertz CT molecular complexity index is 749. The highest BCUT2D eigenvalue weighted by atomic mass is 16.5. The molecular weight excluding hydrogens is 296 g/mol. The zero-order valence-electron chi connectivity index (χ0n) is 13.2. The van der Waals surface area contributed by atoms with E-state index in [2.05, 4.69) is 0 Å². The number of fused-ring (bicyclic) bond motifs is 3. The minimum absolute atomic E-state index is 0.0625. The number of ether oxygens (including phenoxy) is 1. The smallest absolute Gasteiger partial charge is 0.339 e. The first-order valence-corrected chi connectivity index (χ1v) is 8.14. The quantitative estimate of drug-likeness (QED) is 0.825. The van der Waals surface area contributed by atoms with Crippen LogP contribution in [0.15, 0.2) is 27.4 Å². The number of hydrogen-bond acceptors (Lipinski definition) is 5. The molecule has 1 heterocycles. The standard InChI is InChI=1S/C18H22O5/c1-2-22-10-14(19)17(20)13-8-5-9-15-16(13)11-6-3-4-7-12(11)18(21)23-15/h5,8-9,14,17,19-20H,2-4,6-7,10H2,1H3. The Balaban J connectivity index is 2.12. The number of rotatable bonds is 5. The van der Waals surface area contributed by atoms with Gasteiger partial charge < -0.3 is 19.4 Å². The van der Waals surface area contributed by atoms with Crippen molar-refractivity contribution in [2.75, 3.05) is 13.2 Å². The molecule has 1 aromatic heterocycles. The first-order valence-electron chi connectivity index (χ1n) is 8.14. The van der Waals surface area contributed by atoms with E-state index in [0.717, 1.165) is 30.2 Å². The lowest BCUT2D eigenvalue weighted by Crippen LogP contribution is -2.25. The maximum absolute atomic E-state index is 12.1. The predicted octanol–water partition coefficient (Wildman–Crippen LogP) is 2.10. The van der Waals surface area contributed by atoms with Gasteiger partial charge in [-0.2, -0.15) is 0 Å². The highest BCUT2D eigenvalue weighted by molar-refractivity contribution is 5.85. The SMILES string of the molecule is CCOCC(O)C(O)c1cccc2oc(=O)c3c(c12)CCCC3. The van der Waals surface area contributed by atoms with Crippen molar-refractivity contribution in [1.82, 2.24) is 0 Å². The Labute approximate surface area is 134 Å². The predicted molar refractivity (Wildman–Crippen MR) is 86.6 cm³/mol. The van der Waals surface area contributed by atoms with E-state index >= 15 is 0 Å². The van der Waals surface area contributed by atoms with Gasteiger partial charge in [-0.05, 0) is 49.8 Å². The van der Waals surface area contributed by atoms with E-state index in [9.17, 15) is 15.0 Å². The number of hydrogen-bond donors (Lipinski definition) is 2. The molecule has 3 rings (SSSR count). The van der Waals surface area contributed by atoms with Crippen molar-refractivity contribution in [3.63, 3.8) is 0 Å². The van der Waals surface area contributed by atoms with Crippen molar-refractivity contribution in [2.24, 2.45) is 0 Å². The summed E-state index contributed by atoms with van der Waals surface area (Å²) >= 11 is 0. The van der Waals surface area contributed by atoms with Crippen LogP contribution >= 0.6 is 0 Å². The third-order valence-electron chi connectivity index (χ3n) is 4.45. The van der Waals surface area contributed by atoms with Crippen molar-refractivity contribution in [3.8, 4) is 0 Å². The molecule has 1 aliphatic rings. The Morgan fingerprint density at radius 2 is 1.96 bits per heavy atom. The van der Waals surface area contributed by atoms with Crippen LogP contribution < -0.4 is 5.63 Å². The van der Waals surface area contributed by atoms with Crippen molar-refractivity contribution in [3.05, 3.63) is 45.3 Å². The van der Waals surface area contributed by atoms with E-state index < -0.39 is 12.2 Å². The summed E-state index contributed by atoms with van der Waals surface area (Å²) in [7, 11) is 0. The number of aliphatic hydroxyl groups is 2. The van der Waals surface area contributed by atoms with Gasteiger partial charge in [0.15, 0.2) is 0 Å². The molecule has 1 aromatic carbocycles. The van der Waals surface area contributed by atoms with Gasteiger partial charge in [0.2, 0.25) is 0 Å². The fraction of sp³-hybridized carbons (Fsp3) is 0.500. The van der Waals surface area contributed by atoms with Gasteiger partial charge in [0.1, 0.15) is 17.8 Å². The molecule has 1 aliphatic carbocycles. The van der Waals surface area contributed by atoms with Crippen LogP contribution in [0.3, 0.4) is 0 Å². The Morgan fingerprint density at radius 3 is 2.70 bits per heavy atom. The van der Waals surface area contributed by atoms with E-state index in [4.69, 9.17) is 9.15 Å². The molecule has 2 atom stereocenters. The van der Waals surface area contributed by atoms with E-state index in [-0.39, 0.29) is 12.2 Å². The highest BCUT2D eigenvalue weighted by Gasteiger charge is 2.25. The summed E-state index contributed by atoms with van der Waals surface area (Å²) in [6.07, 6.45) is 1.39. The summed E-state index contributed by atoms with van der Waals surface area (Å²) in [4.78, 5) is 12.1. The van der Waals surface area contributed by atoms with Crippen LogP contribution in [0.25, 0.3) is 11.0 Å². The molecule has 0 bridgehead atoms. The monoisotopic (exact) mass is 318 g/mol. The summed E-state index contributed by atoms with van der Waals surface area (Å²) in [5.41, 5.74) is 2.45. The molecule has 0 saturated heterocycles. The molecule has 2 unspecified atom stereocenters. The van der Waals surface area contributed by atoms with Gasteiger partial charge in [0.05, 0.1) is 6.61 Å². The molecule has 0 spiro atoms. The summed E-state index contributed by atoms with van der Waals surface area (Å²) in [6, 6.07) is 5.24. The van der Waals surface area contributed by atoms with Gasteiger partial charge in [0, 0.05) is 17.6 Å². The van der Waals surface area contributed by atoms with Crippen molar-refractivity contribution < 1.29 is 19.4 Å². The molecule has 0 amide bonds. The van der Waals surface area contributed by atoms with Gasteiger partial charge in [-0.25, -0.2) is 4.79 Å². The van der Waals surface area contributed by atoms with E-state index in [1.54, 1.807) is 18.2 Å². The lowest BCUT2D eigenvalue weighted by molar-refractivity contribution is -0.0361. The number of benzene rings is 1. The van der Waals surface area contributed by atoms with Crippen molar-refractivity contribution in [1.29, 1.82) is 0 Å². The van der Waals surface area contributed by atoms with Crippen molar-refractivity contribution in [2.45, 2.75) is 44.8 Å². The molecule has 2 aromatic rings. The molecule has 0 saturated carbocycles. The normalized spacial score (nSPS) is 17.0. The minimum atomic E-state index is -1.08. The fourth-order valence-corrected chi connectivity index (χ4v) is 3.31. The fourth-order valence-electron chi connectivity index (χ4n) is 3.31. The maximum Gasteiger partial charge on any atom is 0.339 e. The maximum atomic E-state index is 12.1. The molecule has 23 heavy (non-hydrogen) atoms. The van der Waals surface area contributed by atoms with Gasteiger partial charge in [-0.15, -0.1) is 0 Å². The molecule has 0 radical (unpaired) electrons. The van der Waals surface area contributed by atoms with Crippen LogP contribution in [-0.4, -0.2) is 29.5 Å². The highest BCUT2D eigenvalue weighted by Crippen LogP contribution is 2.33. The molecular formula is C18H22O5. The van der Waals surface area contributed by atoms with E-state index in [1.165, 1.54) is 0 Å². The van der Waals surface area contributed by atoms with Crippen LogP contribution in [-0.2, 0) is 17.6 Å². The third-order valence-corrected chi connectivity index (χ3v) is 4.45. The second kappa shape index (κ2) is 6.83. The molecule has 124 valence electrons.